The number of hydrogen-bond donors (Lipinski definition) is 1. The summed E-state index contributed by atoms with van der Waals surface area (Å²) in [6, 6.07) is 8.15. The van der Waals surface area contributed by atoms with Crippen LogP contribution in [0.25, 0.3) is 11.0 Å². The Labute approximate surface area is 125 Å². The third-order valence-corrected chi connectivity index (χ3v) is 4.74. The molecule has 2 nitrogen and oxygen atoms in total. The van der Waals surface area contributed by atoms with Crippen LogP contribution in [0.1, 0.15) is 44.3 Å². The first-order valence-corrected chi connectivity index (χ1v) is 8.06. The first kappa shape index (κ1) is 14.0. The number of nitrogens with one attached hydrogen (secondary N) is 1. The summed E-state index contributed by atoms with van der Waals surface area (Å²) < 4.78 is 6.09. The number of rotatable bonds is 4. The Morgan fingerprint density at radius 1 is 1.30 bits per heavy atom. The van der Waals surface area contributed by atoms with Gasteiger partial charge in [0, 0.05) is 11.3 Å². The molecule has 2 aromatic rings. The Balaban J connectivity index is 1.89. The lowest BCUT2D eigenvalue weighted by atomic mass is 9.78. The predicted octanol–water partition coefficient (Wildman–Crippen LogP) is 4.97. The monoisotopic (exact) mass is 291 g/mol. The third-order valence-electron chi connectivity index (χ3n) is 4.45. The Kier molecular flexibility index (Phi) is 4.32. The minimum absolute atomic E-state index is 0.534. The number of fused-ring (bicyclic) bond motifs is 1. The normalized spacial score (nSPS) is 23.3. The van der Waals surface area contributed by atoms with Gasteiger partial charge in [-0.15, -0.1) is 0 Å². The topological polar surface area (TPSA) is 25.2 Å². The summed E-state index contributed by atoms with van der Waals surface area (Å²) in [6.07, 6.45) is 5.17. The van der Waals surface area contributed by atoms with E-state index in [-0.39, 0.29) is 0 Å². The maximum absolute atomic E-state index is 6.22. The molecule has 1 fully saturated rings. The van der Waals surface area contributed by atoms with Gasteiger partial charge in [-0.25, -0.2) is 0 Å². The molecule has 0 radical (unpaired) electrons. The van der Waals surface area contributed by atoms with Crippen LogP contribution in [0.15, 0.2) is 28.7 Å². The largest absolute Gasteiger partial charge is 0.459 e. The van der Waals surface area contributed by atoms with Gasteiger partial charge in [0.05, 0.1) is 5.02 Å². The second kappa shape index (κ2) is 6.19. The van der Waals surface area contributed by atoms with Crippen molar-refractivity contribution in [2.75, 3.05) is 13.1 Å². The molecule has 1 aliphatic rings. The summed E-state index contributed by atoms with van der Waals surface area (Å²) in [5.41, 5.74) is 0.844. The van der Waals surface area contributed by atoms with Crippen LogP contribution in [0, 0.1) is 5.92 Å². The SMILES string of the molecule is CCNCC1CCCCC1c1cc2cccc(Cl)c2o1. The standard InChI is InChI=1S/C17H22ClNO/c1-2-19-11-13-6-3-4-8-14(13)16-10-12-7-5-9-15(18)17(12)20-16/h5,7,9-10,13-14,19H,2-4,6,8,11H2,1H3. The zero-order chi connectivity index (χ0) is 13.9. The van der Waals surface area contributed by atoms with E-state index in [2.05, 4.69) is 24.4 Å². The molecular weight excluding hydrogens is 270 g/mol. The van der Waals surface area contributed by atoms with Crippen LogP contribution >= 0.6 is 11.6 Å². The number of halogens is 1. The molecule has 1 aromatic heterocycles. The first-order chi connectivity index (χ1) is 9.79. The van der Waals surface area contributed by atoms with Crippen LogP contribution in [0.2, 0.25) is 5.02 Å². The Hall–Kier alpha value is -0.990. The van der Waals surface area contributed by atoms with Gasteiger partial charge in [-0.2, -0.15) is 0 Å². The molecule has 0 aliphatic heterocycles. The average Bonchev–Trinajstić information content (AvgIpc) is 2.91. The first-order valence-electron chi connectivity index (χ1n) is 7.68. The van der Waals surface area contributed by atoms with Gasteiger partial charge in [0.1, 0.15) is 5.76 Å². The lowest BCUT2D eigenvalue weighted by molar-refractivity contribution is 0.269. The van der Waals surface area contributed by atoms with Gasteiger partial charge < -0.3 is 9.73 Å². The second-order valence-electron chi connectivity index (χ2n) is 5.77. The molecule has 0 bridgehead atoms. The molecule has 20 heavy (non-hydrogen) atoms. The highest BCUT2D eigenvalue weighted by molar-refractivity contribution is 6.34. The molecule has 0 amide bonds. The Morgan fingerprint density at radius 2 is 2.15 bits per heavy atom. The van der Waals surface area contributed by atoms with E-state index in [1.807, 2.05) is 12.1 Å². The van der Waals surface area contributed by atoms with Crippen LogP contribution in [0.4, 0.5) is 0 Å². The highest BCUT2D eigenvalue weighted by atomic mass is 35.5. The van der Waals surface area contributed by atoms with Gasteiger partial charge >= 0.3 is 0 Å². The summed E-state index contributed by atoms with van der Waals surface area (Å²) in [4.78, 5) is 0. The predicted molar refractivity (Wildman–Crippen MR) is 84.5 cm³/mol. The maximum atomic E-state index is 6.22. The van der Waals surface area contributed by atoms with Crippen LogP contribution in [0.3, 0.4) is 0 Å². The highest BCUT2D eigenvalue weighted by Crippen LogP contribution is 2.40. The van der Waals surface area contributed by atoms with Crippen molar-refractivity contribution in [1.82, 2.24) is 5.32 Å². The zero-order valence-electron chi connectivity index (χ0n) is 12.0. The van der Waals surface area contributed by atoms with E-state index < -0.39 is 0 Å². The van der Waals surface area contributed by atoms with Crippen molar-refractivity contribution in [3.05, 3.63) is 35.0 Å². The molecule has 3 rings (SSSR count). The van der Waals surface area contributed by atoms with Crippen LogP contribution in [0.5, 0.6) is 0 Å². The highest BCUT2D eigenvalue weighted by Gasteiger charge is 2.28. The summed E-state index contributed by atoms with van der Waals surface area (Å²) in [5.74, 6) is 2.34. The van der Waals surface area contributed by atoms with Gasteiger partial charge in [-0.1, -0.05) is 43.5 Å². The fraction of sp³-hybridized carbons (Fsp3) is 0.529. The van der Waals surface area contributed by atoms with E-state index in [0.29, 0.717) is 16.9 Å². The molecule has 2 atom stereocenters. The summed E-state index contributed by atoms with van der Waals surface area (Å²) >= 11 is 6.22. The molecule has 1 heterocycles. The van der Waals surface area contributed by atoms with Gasteiger partial charge in [0.15, 0.2) is 5.58 Å². The van der Waals surface area contributed by atoms with Crippen molar-refractivity contribution in [2.45, 2.75) is 38.5 Å². The smallest absolute Gasteiger partial charge is 0.152 e. The lowest BCUT2D eigenvalue weighted by Gasteiger charge is -2.30. The quantitative estimate of drug-likeness (QED) is 0.860. The average molecular weight is 292 g/mol. The molecule has 1 saturated carbocycles. The fourth-order valence-corrected chi connectivity index (χ4v) is 3.61. The van der Waals surface area contributed by atoms with E-state index in [4.69, 9.17) is 16.0 Å². The minimum atomic E-state index is 0.534. The fourth-order valence-electron chi connectivity index (χ4n) is 3.39. The van der Waals surface area contributed by atoms with Crippen LogP contribution in [-0.4, -0.2) is 13.1 Å². The molecule has 1 N–H and O–H groups in total. The van der Waals surface area contributed by atoms with E-state index in [1.165, 1.54) is 25.7 Å². The molecule has 3 heteroatoms. The lowest BCUT2D eigenvalue weighted by Crippen LogP contribution is -2.29. The molecule has 108 valence electrons. The second-order valence-corrected chi connectivity index (χ2v) is 6.17. The Bertz CT molecular complexity index is 577. The van der Waals surface area contributed by atoms with Crippen LogP contribution in [-0.2, 0) is 0 Å². The van der Waals surface area contributed by atoms with Crippen molar-refractivity contribution >= 4 is 22.6 Å². The van der Waals surface area contributed by atoms with E-state index in [0.717, 1.165) is 29.8 Å². The number of para-hydroxylation sites is 1. The molecule has 0 spiro atoms. The minimum Gasteiger partial charge on any atom is -0.459 e. The summed E-state index contributed by atoms with van der Waals surface area (Å²) in [7, 11) is 0. The number of hydrogen-bond acceptors (Lipinski definition) is 2. The van der Waals surface area contributed by atoms with Crippen molar-refractivity contribution in [1.29, 1.82) is 0 Å². The number of benzene rings is 1. The van der Waals surface area contributed by atoms with Crippen molar-refractivity contribution in [3.8, 4) is 0 Å². The van der Waals surface area contributed by atoms with Crippen molar-refractivity contribution in [3.63, 3.8) is 0 Å². The van der Waals surface area contributed by atoms with Gasteiger partial charge in [0.25, 0.3) is 0 Å². The van der Waals surface area contributed by atoms with E-state index in [9.17, 15) is 0 Å². The van der Waals surface area contributed by atoms with Gasteiger partial charge in [-0.3, -0.25) is 0 Å². The summed E-state index contributed by atoms with van der Waals surface area (Å²) in [6.45, 7) is 4.29. The van der Waals surface area contributed by atoms with Crippen LogP contribution < -0.4 is 5.32 Å². The summed E-state index contributed by atoms with van der Waals surface area (Å²) in [5, 5.41) is 5.34. The molecule has 0 saturated heterocycles. The van der Waals surface area contributed by atoms with Crippen molar-refractivity contribution < 1.29 is 4.42 Å². The van der Waals surface area contributed by atoms with Crippen molar-refractivity contribution in [2.24, 2.45) is 5.92 Å². The molecule has 2 unspecified atom stereocenters. The number of furan rings is 1. The van der Waals surface area contributed by atoms with E-state index in [1.54, 1.807) is 0 Å². The van der Waals surface area contributed by atoms with Gasteiger partial charge in [-0.05, 0) is 44.0 Å². The van der Waals surface area contributed by atoms with Gasteiger partial charge in [0.2, 0.25) is 0 Å². The van der Waals surface area contributed by atoms with E-state index >= 15 is 0 Å². The zero-order valence-corrected chi connectivity index (χ0v) is 12.7. The Morgan fingerprint density at radius 3 is 2.95 bits per heavy atom. The maximum Gasteiger partial charge on any atom is 0.152 e. The molecular formula is C17H22ClNO. The third kappa shape index (κ3) is 2.72. The molecule has 1 aromatic carbocycles. The molecule has 1 aliphatic carbocycles.